The van der Waals surface area contributed by atoms with Crippen LogP contribution in [0.4, 0.5) is 103 Å². The molecule has 49 heteroatoms. The van der Waals surface area contributed by atoms with Crippen molar-refractivity contribution in [3.8, 4) is 18.2 Å². The number of imidazole rings is 6. The van der Waals surface area contributed by atoms with Crippen LogP contribution < -0.4 is 0 Å². The zero-order valence-corrected chi connectivity index (χ0v) is 70.4. The summed E-state index contributed by atoms with van der Waals surface area (Å²) in [5.74, 6) is 4.23. The van der Waals surface area contributed by atoms with Crippen molar-refractivity contribution in [1.82, 2.24) is 59.8 Å². The van der Waals surface area contributed by atoms with Crippen molar-refractivity contribution in [2.24, 2.45) is 60.6 Å². The van der Waals surface area contributed by atoms with Gasteiger partial charge in [-0.15, -0.1) is 0 Å². The normalized spacial score (nSPS) is 11.8. The van der Waals surface area contributed by atoms with E-state index in [9.17, 15) is 69.1 Å². The van der Waals surface area contributed by atoms with Crippen LogP contribution in [0.3, 0.4) is 0 Å². The Morgan fingerprint density at radius 1 is 0.260 bits per heavy atom. The zero-order valence-electron chi connectivity index (χ0n) is 68.2. The Morgan fingerprint density at radius 2 is 0.378 bits per heavy atom. The number of aromatic nitrogens is 12. The van der Waals surface area contributed by atoms with Gasteiger partial charge < -0.3 is 99.0 Å². The third-order valence-corrected chi connectivity index (χ3v) is 13.8. The number of nitrogens with zero attached hydrogens (tertiary/aromatic N) is 21. The molecule has 662 valence electrons. The van der Waals surface area contributed by atoms with Gasteiger partial charge in [-0.25, -0.2) is 29.9 Å². The number of aromatic amines is 6. The SMILES string of the molecule is C/C(=N\N=C(/C)c1cccc(N=Cc2ncc[nH]2)c1)c1cccc(N=Cc2ncc[nH]2)c1.C/C(=N\N=C(/C)c1cccc(N=Cc2ncc[nH]2)c1)c1cccc(N=Cc2ncc[nH]2)c1.C/C(=N\N=C(/C)c1cccc(N=Cc2ncc[nH]2)c1)c1cccc(N=Cc2ncc[nH]2)c1.CC#N.CC#N.CC#N.F[B-](F)(F)F.F[B-](F)(F)F.F[B-](F)(F)F.F[B-](F)(F)F.[Fe+2].[Fe+2]. The van der Waals surface area contributed by atoms with E-state index < -0.39 is 29.0 Å². The topological polar surface area (TPSA) is 392 Å². The molecule has 0 aliphatic heterocycles. The Morgan fingerprint density at radius 3 is 0.480 bits per heavy atom. The van der Waals surface area contributed by atoms with Gasteiger partial charge in [-0.3, -0.25) is 30.0 Å². The van der Waals surface area contributed by atoms with E-state index in [1.165, 1.54) is 20.8 Å². The van der Waals surface area contributed by atoms with Crippen LogP contribution in [0.15, 0.2) is 281 Å². The second-order valence-electron chi connectivity index (χ2n) is 23.5. The van der Waals surface area contributed by atoms with Gasteiger partial charge in [0.1, 0.15) is 34.9 Å². The Bertz CT molecular complexity index is 4790. The molecule has 6 aromatic heterocycles. The second kappa shape index (κ2) is 59.9. The molecular weight excluding hydrogens is 1770 g/mol. The Kier molecular flexibility index (Phi) is 52.0. The van der Waals surface area contributed by atoms with Crippen molar-refractivity contribution in [3.05, 3.63) is 288 Å². The first kappa shape index (κ1) is 110. The predicted molar refractivity (Wildman–Crippen MR) is 462 cm³/mol. The van der Waals surface area contributed by atoms with Crippen molar-refractivity contribution in [2.45, 2.75) is 62.3 Å². The zero-order chi connectivity index (χ0) is 92.6. The minimum Gasteiger partial charge on any atom is -0.418 e. The summed E-state index contributed by atoms with van der Waals surface area (Å²) in [5, 5.41) is 48.5. The fourth-order valence-corrected chi connectivity index (χ4v) is 8.57. The maximum atomic E-state index is 9.75. The fraction of sp³-hybridized carbons (Fsp3) is 0.115. The molecule has 0 fully saturated rings. The predicted octanol–water partition coefficient (Wildman–Crippen LogP) is 21.4. The van der Waals surface area contributed by atoms with Gasteiger partial charge in [0.2, 0.25) is 0 Å². The number of halogens is 16. The molecule has 0 amide bonds. The molecule has 0 radical (unpaired) electrons. The Balaban J connectivity index is 0.000000816. The number of hydrogen-bond donors (Lipinski definition) is 6. The van der Waals surface area contributed by atoms with Crippen LogP contribution in [0.25, 0.3) is 0 Å². The third kappa shape index (κ3) is 54.4. The number of rotatable bonds is 21. The quantitative estimate of drug-likeness (QED) is 0.0172. The molecule has 12 rings (SSSR count). The van der Waals surface area contributed by atoms with Gasteiger partial charge in [-0.1, -0.05) is 72.8 Å². The standard InChI is InChI=1S/3C24H22N8.3C2H3N.4BF4.2Fe/c3*1-17(19-5-3-7-21(13-19)29-15-23-25-9-10-26-23)31-32-18(2)20-6-4-8-22(14-20)30-16-24-27-11-12-28-24;3*1-2-3;4*2-1(3,4)5;;/h3*3-16H,1-2H3,(H,25,26)(H,27,28);3*1H3;;;;;;/q;;;;;;4*-1;2*+2/b3*29-15?,30-16?,31-17+,32-18+;;;;;;;;;. The largest absolute Gasteiger partial charge is 2.00 e. The summed E-state index contributed by atoms with van der Waals surface area (Å²) < 4.78 is 156. The van der Waals surface area contributed by atoms with Crippen LogP contribution in [0.5, 0.6) is 0 Å². The van der Waals surface area contributed by atoms with Crippen LogP contribution in [0.1, 0.15) is 131 Å². The van der Waals surface area contributed by atoms with E-state index >= 15 is 0 Å². The molecule has 27 nitrogen and oxygen atoms in total. The molecule has 12 aromatic rings. The van der Waals surface area contributed by atoms with Gasteiger partial charge in [0.15, 0.2) is 0 Å². The van der Waals surface area contributed by atoms with Crippen molar-refractivity contribution in [3.63, 3.8) is 0 Å². The maximum Gasteiger partial charge on any atom is 2.00 e. The van der Waals surface area contributed by atoms with E-state index in [1.807, 2.05) is 187 Å². The minimum absolute atomic E-state index is 0. The van der Waals surface area contributed by atoms with E-state index in [0.717, 1.165) is 102 Å². The molecule has 0 bridgehead atoms. The van der Waals surface area contributed by atoms with E-state index in [-0.39, 0.29) is 34.1 Å². The molecule has 0 saturated heterocycles. The molecule has 0 atom stereocenters. The van der Waals surface area contributed by atoms with Crippen molar-refractivity contribution < 1.29 is 103 Å². The molecule has 127 heavy (non-hydrogen) atoms. The molecule has 0 aliphatic carbocycles. The number of nitrogens with one attached hydrogen (secondary N) is 6. The van der Waals surface area contributed by atoms with Gasteiger partial charge in [0.05, 0.1) is 124 Å². The molecule has 0 saturated carbocycles. The average Bonchev–Trinajstić information content (AvgIpc) is 1.90. The van der Waals surface area contributed by atoms with Crippen molar-refractivity contribution >= 4 is 135 Å². The van der Waals surface area contributed by atoms with E-state index in [4.69, 9.17) is 15.8 Å². The van der Waals surface area contributed by atoms with Gasteiger partial charge in [-0.2, -0.15) is 46.4 Å². The summed E-state index contributed by atoms with van der Waals surface area (Å²) in [6, 6.07) is 52.2. The van der Waals surface area contributed by atoms with Crippen LogP contribution in [-0.2, 0) is 34.1 Å². The number of nitriles is 3. The molecule has 0 aliphatic rings. The minimum atomic E-state index is -6.00. The van der Waals surface area contributed by atoms with Crippen molar-refractivity contribution in [1.29, 1.82) is 15.8 Å². The first-order valence-electron chi connectivity index (χ1n) is 35.8. The van der Waals surface area contributed by atoms with E-state index in [0.29, 0.717) is 34.9 Å². The summed E-state index contributed by atoms with van der Waals surface area (Å²) in [4.78, 5) is 69.5. The van der Waals surface area contributed by atoms with E-state index in [2.05, 4.69) is 120 Å². The summed E-state index contributed by atoms with van der Waals surface area (Å²) in [6.45, 7) is 15.9. The summed E-state index contributed by atoms with van der Waals surface area (Å²) >= 11 is 0. The van der Waals surface area contributed by atoms with Crippen molar-refractivity contribution in [2.75, 3.05) is 0 Å². The van der Waals surface area contributed by atoms with E-state index in [1.54, 1.807) is 130 Å². The smallest absolute Gasteiger partial charge is 0.418 e. The number of H-pyrrole nitrogens is 6. The molecule has 6 heterocycles. The maximum absolute atomic E-state index is 9.75. The molecule has 0 spiro atoms. The van der Waals surface area contributed by atoms with Gasteiger partial charge in [-0.05, 0) is 148 Å². The van der Waals surface area contributed by atoms with Gasteiger partial charge in [0, 0.05) is 95.1 Å². The number of aliphatic imine (C=N–C) groups is 6. The first-order chi connectivity index (χ1) is 59.3. The fourth-order valence-electron chi connectivity index (χ4n) is 8.57. The Hall–Kier alpha value is -14.7. The molecule has 0 unspecified atom stereocenters. The summed E-state index contributed by atoms with van der Waals surface area (Å²) in [6.07, 6.45) is 30.8. The average molecular weight is 1850 g/mol. The first-order valence-corrected chi connectivity index (χ1v) is 35.8. The summed E-state index contributed by atoms with van der Waals surface area (Å²) in [7, 11) is -24.0. The van der Waals surface area contributed by atoms with Crippen LogP contribution in [-0.4, -0.2) is 160 Å². The molecule has 6 N–H and O–H groups in total. The van der Waals surface area contributed by atoms with Gasteiger partial charge in [0.25, 0.3) is 0 Å². The Labute approximate surface area is 739 Å². The monoisotopic (exact) mass is 1850 g/mol. The van der Waals surface area contributed by atoms with Crippen LogP contribution in [0.2, 0.25) is 0 Å². The number of benzene rings is 6. The summed E-state index contributed by atoms with van der Waals surface area (Å²) in [5.41, 5.74) is 15.4. The number of hydrogen-bond acceptors (Lipinski definition) is 21. The van der Waals surface area contributed by atoms with Crippen LogP contribution in [0, 0.1) is 34.0 Å². The molecular formula is C78H75B4F16Fe2N27. The second-order valence-corrected chi connectivity index (χ2v) is 23.5. The third-order valence-electron chi connectivity index (χ3n) is 13.8. The van der Waals surface area contributed by atoms with Crippen LogP contribution >= 0.6 is 0 Å². The van der Waals surface area contributed by atoms with Gasteiger partial charge >= 0.3 is 63.2 Å². The molecule has 6 aromatic carbocycles.